The molecule has 0 spiro atoms. The van der Waals surface area contributed by atoms with Gasteiger partial charge in [-0.25, -0.2) is 0 Å². The Labute approximate surface area is 128 Å². The molecule has 1 atom stereocenters. The zero-order valence-corrected chi connectivity index (χ0v) is 13.8. The van der Waals surface area contributed by atoms with E-state index in [0.717, 1.165) is 29.7 Å². The molecule has 1 saturated carbocycles. The maximum absolute atomic E-state index is 6.12. The molecule has 0 aliphatic heterocycles. The van der Waals surface area contributed by atoms with Gasteiger partial charge in [-0.1, -0.05) is 19.9 Å². The van der Waals surface area contributed by atoms with Gasteiger partial charge in [0.2, 0.25) is 0 Å². The van der Waals surface area contributed by atoms with Crippen molar-refractivity contribution < 1.29 is 9.47 Å². The van der Waals surface area contributed by atoms with Crippen LogP contribution in [0.4, 0.5) is 0 Å². The molecule has 1 aromatic rings. The lowest BCUT2D eigenvalue weighted by molar-refractivity contribution is -0.00623. The molecule has 2 N–H and O–H groups in total. The first-order valence-electron chi connectivity index (χ1n) is 7.95. The molecule has 0 radical (unpaired) electrons. The quantitative estimate of drug-likeness (QED) is 0.884. The van der Waals surface area contributed by atoms with Crippen molar-refractivity contribution in [3.05, 3.63) is 29.3 Å². The van der Waals surface area contributed by atoms with Crippen LogP contribution in [-0.4, -0.2) is 13.2 Å². The Hall–Kier alpha value is -1.06. The highest BCUT2D eigenvalue weighted by atomic mass is 16.5. The molecule has 118 valence electrons. The first-order chi connectivity index (χ1) is 9.91. The van der Waals surface area contributed by atoms with E-state index in [0.29, 0.717) is 18.1 Å². The van der Waals surface area contributed by atoms with Crippen LogP contribution in [0.15, 0.2) is 18.2 Å². The zero-order valence-electron chi connectivity index (χ0n) is 13.8. The average molecular weight is 291 g/mol. The first kappa shape index (κ1) is 16.3. The molecule has 3 heteroatoms. The van der Waals surface area contributed by atoms with Crippen LogP contribution in [0.1, 0.15) is 63.6 Å². The molecule has 1 aliphatic carbocycles. The summed E-state index contributed by atoms with van der Waals surface area (Å²) in [4.78, 5) is 0. The maximum atomic E-state index is 6.12. The third-order valence-corrected chi connectivity index (χ3v) is 4.59. The number of nitrogens with two attached hydrogens (primary N) is 1. The molecule has 1 aliphatic rings. The molecular weight excluding hydrogens is 262 g/mol. The van der Waals surface area contributed by atoms with Crippen LogP contribution in [0.5, 0.6) is 5.75 Å². The van der Waals surface area contributed by atoms with Crippen molar-refractivity contribution in [2.45, 2.75) is 65.2 Å². The molecule has 21 heavy (non-hydrogen) atoms. The maximum Gasteiger partial charge on any atom is 0.124 e. The van der Waals surface area contributed by atoms with Crippen molar-refractivity contribution in [2.24, 2.45) is 11.1 Å². The SMILES string of the molecule is COc1ccc(C(C)N)cc1COC1CCC(C)(C)CC1. The van der Waals surface area contributed by atoms with Gasteiger partial charge in [0.25, 0.3) is 0 Å². The smallest absolute Gasteiger partial charge is 0.124 e. The summed E-state index contributed by atoms with van der Waals surface area (Å²) < 4.78 is 11.6. The number of benzene rings is 1. The van der Waals surface area contributed by atoms with E-state index in [1.165, 1.54) is 12.8 Å². The van der Waals surface area contributed by atoms with Crippen LogP contribution in [0, 0.1) is 5.41 Å². The third-order valence-electron chi connectivity index (χ3n) is 4.59. The minimum Gasteiger partial charge on any atom is -0.496 e. The lowest BCUT2D eigenvalue weighted by Crippen LogP contribution is -2.26. The summed E-state index contributed by atoms with van der Waals surface area (Å²) in [7, 11) is 1.70. The summed E-state index contributed by atoms with van der Waals surface area (Å²) in [5.41, 5.74) is 8.66. The van der Waals surface area contributed by atoms with Crippen molar-refractivity contribution in [2.75, 3.05) is 7.11 Å². The number of rotatable bonds is 5. The summed E-state index contributed by atoms with van der Waals surface area (Å²) in [5.74, 6) is 0.885. The predicted molar refractivity (Wildman–Crippen MR) is 86.4 cm³/mol. The first-order valence-corrected chi connectivity index (χ1v) is 7.95. The van der Waals surface area contributed by atoms with Crippen LogP contribution in [-0.2, 0) is 11.3 Å². The van der Waals surface area contributed by atoms with Crippen LogP contribution >= 0.6 is 0 Å². The fourth-order valence-corrected chi connectivity index (χ4v) is 2.94. The summed E-state index contributed by atoms with van der Waals surface area (Å²) >= 11 is 0. The summed E-state index contributed by atoms with van der Waals surface area (Å²) in [6, 6.07) is 6.15. The van der Waals surface area contributed by atoms with Gasteiger partial charge in [0.05, 0.1) is 19.8 Å². The van der Waals surface area contributed by atoms with Crippen molar-refractivity contribution in [1.29, 1.82) is 0 Å². The molecule has 0 saturated heterocycles. The van der Waals surface area contributed by atoms with Gasteiger partial charge in [-0.3, -0.25) is 0 Å². The van der Waals surface area contributed by atoms with E-state index in [-0.39, 0.29) is 6.04 Å². The fourth-order valence-electron chi connectivity index (χ4n) is 2.94. The highest BCUT2D eigenvalue weighted by molar-refractivity contribution is 5.37. The zero-order chi connectivity index (χ0) is 15.5. The minimum atomic E-state index is 0.0325. The van der Waals surface area contributed by atoms with Crippen molar-refractivity contribution in [3.63, 3.8) is 0 Å². The Morgan fingerprint density at radius 1 is 1.29 bits per heavy atom. The summed E-state index contributed by atoms with van der Waals surface area (Å²) in [6.07, 6.45) is 5.18. The third kappa shape index (κ3) is 4.45. The van der Waals surface area contributed by atoms with Gasteiger partial charge in [0.1, 0.15) is 5.75 Å². The van der Waals surface area contributed by atoms with Gasteiger partial charge in [-0.2, -0.15) is 0 Å². The van der Waals surface area contributed by atoms with Gasteiger partial charge in [0.15, 0.2) is 0 Å². The number of hydrogen-bond donors (Lipinski definition) is 1. The van der Waals surface area contributed by atoms with Crippen molar-refractivity contribution >= 4 is 0 Å². The number of methoxy groups -OCH3 is 1. The topological polar surface area (TPSA) is 44.5 Å². The van der Waals surface area contributed by atoms with E-state index in [9.17, 15) is 0 Å². The van der Waals surface area contributed by atoms with Crippen LogP contribution in [0.3, 0.4) is 0 Å². The van der Waals surface area contributed by atoms with E-state index in [2.05, 4.69) is 19.9 Å². The van der Waals surface area contributed by atoms with E-state index in [1.807, 2.05) is 19.1 Å². The molecule has 0 amide bonds. The Balaban J connectivity index is 1.97. The van der Waals surface area contributed by atoms with Gasteiger partial charge >= 0.3 is 0 Å². The lowest BCUT2D eigenvalue weighted by Gasteiger charge is -2.34. The van der Waals surface area contributed by atoms with Crippen molar-refractivity contribution in [3.8, 4) is 5.75 Å². The normalized spacial score (nSPS) is 20.2. The molecular formula is C18H29NO2. The Morgan fingerprint density at radius 3 is 2.52 bits per heavy atom. The van der Waals surface area contributed by atoms with E-state index >= 15 is 0 Å². The summed E-state index contributed by atoms with van der Waals surface area (Å²) in [6.45, 7) is 7.29. The van der Waals surface area contributed by atoms with E-state index < -0.39 is 0 Å². The number of hydrogen-bond acceptors (Lipinski definition) is 3. The fraction of sp³-hybridized carbons (Fsp3) is 0.667. The van der Waals surface area contributed by atoms with E-state index in [4.69, 9.17) is 15.2 Å². The van der Waals surface area contributed by atoms with Crippen LogP contribution < -0.4 is 10.5 Å². The largest absolute Gasteiger partial charge is 0.496 e. The van der Waals surface area contributed by atoms with Gasteiger partial charge in [-0.15, -0.1) is 0 Å². The molecule has 3 nitrogen and oxygen atoms in total. The average Bonchev–Trinajstić information content (AvgIpc) is 2.45. The molecule has 1 fully saturated rings. The Bertz CT molecular complexity index is 458. The standard InChI is InChI=1S/C18H29NO2/c1-13(19)14-5-6-17(20-4)15(11-14)12-21-16-7-9-18(2,3)10-8-16/h5-6,11,13,16H,7-10,12,19H2,1-4H3. The molecule has 2 rings (SSSR count). The predicted octanol–water partition coefficient (Wildman–Crippen LogP) is 4.20. The van der Waals surface area contributed by atoms with Crippen LogP contribution in [0.25, 0.3) is 0 Å². The second-order valence-electron chi connectivity index (χ2n) is 7.03. The van der Waals surface area contributed by atoms with E-state index in [1.54, 1.807) is 7.11 Å². The Kier molecular flexibility index (Phi) is 5.28. The number of ether oxygens (including phenoxy) is 2. The van der Waals surface area contributed by atoms with Crippen molar-refractivity contribution in [1.82, 2.24) is 0 Å². The Morgan fingerprint density at radius 2 is 1.95 bits per heavy atom. The second-order valence-corrected chi connectivity index (χ2v) is 7.03. The molecule has 1 unspecified atom stereocenters. The van der Waals surface area contributed by atoms with Crippen LogP contribution in [0.2, 0.25) is 0 Å². The second kappa shape index (κ2) is 6.80. The molecule has 0 bridgehead atoms. The highest BCUT2D eigenvalue weighted by Crippen LogP contribution is 2.36. The van der Waals surface area contributed by atoms with Gasteiger partial charge in [-0.05, 0) is 55.7 Å². The van der Waals surface area contributed by atoms with Gasteiger partial charge < -0.3 is 15.2 Å². The monoisotopic (exact) mass is 291 g/mol. The molecule has 0 aromatic heterocycles. The molecule has 1 aromatic carbocycles. The minimum absolute atomic E-state index is 0.0325. The highest BCUT2D eigenvalue weighted by Gasteiger charge is 2.27. The van der Waals surface area contributed by atoms with Gasteiger partial charge in [0, 0.05) is 11.6 Å². The molecule has 0 heterocycles. The lowest BCUT2D eigenvalue weighted by atomic mass is 9.76. The summed E-state index contributed by atoms with van der Waals surface area (Å²) in [5, 5.41) is 0.